The zero-order valence-electron chi connectivity index (χ0n) is 8.76. The minimum atomic E-state index is -0.200. The van der Waals surface area contributed by atoms with Crippen LogP contribution >= 0.6 is 15.9 Å². The van der Waals surface area contributed by atoms with Crippen LogP contribution in [0.25, 0.3) is 0 Å². The highest BCUT2D eigenvalue weighted by molar-refractivity contribution is 9.10. The van der Waals surface area contributed by atoms with E-state index in [1.807, 2.05) is 12.1 Å². The SMILES string of the molecule is CC(NCc1ccc(F)c(Br)c1)C1CC1. The van der Waals surface area contributed by atoms with Gasteiger partial charge in [-0.3, -0.25) is 0 Å². The lowest BCUT2D eigenvalue weighted by Gasteiger charge is -2.12. The maximum Gasteiger partial charge on any atom is 0.137 e. The van der Waals surface area contributed by atoms with Gasteiger partial charge in [0.05, 0.1) is 4.47 Å². The van der Waals surface area contributed by atoms with Gasteiger partial charge in [0, 0.05) is 12.6 Å². The van der Waals surface area contributed by atoms with E-state index < -0.39 is 0 Å². The van der Waals surface area contributed by atoms with Crippen LogP contribution in [0.2, 0.25) is 0 Å². The van der Waals surface area contributed by atoms with Crippen molar-refractivity contribution in [2.75, 3.05) is 0 Å². The molecule has 1 N–H and O–H groups in total. The molecule has 1 unspecified atom stereocenters. The third-order valence-corrected chi connectivity index (χ3v) is 3.55. The molecule has 0 amide bonds. The summed E-state index contributed by atoms with van der Waals surface area (Å²) in [5.74, 6) is 0.655. The standard InChI is InChI=1S/C12H15BrFN/c1-8(10-3-4-10)15-7-9-2-5-12(14)11(13)6-9/h2,5-6,8,10,15H,3-4,7H2,1H3. The summed E-state index contributed by atoms with van der Waals surface area (Å²) in [6.07, 6.45) is 2.70. The third-order valence-electron chi connectivity index (χ3n) is 2.94. The molecular weight excluding hydrogens is 257 g/mol. The van der Waals surface area contributed by atoms with E-state index in [1.165, 1.54) is 18.9 Å². The minimum absolute atomic E-state index is 0.200. The van der Waals surface area contributed by atoms with Crippen molar-refractivity contribution in [3.63, 3.8) is 0 Å². The molecular formula is C12H15BrFN. The first-order valence-electron chi connectivity index (χ1n) is 5.34. The second kappa shape index (κ2) is 4.62. The summed E-state index contributed by atoms with van der Waals surface area (Å²) in [5.41, 5.74) is 1.12. The van der Waals surface area contributed by atoms with Gasteiger partial charge in [-0.2, -0.15) is 0 Å². The maximum absolute atomic E-state index is 13.0. The number of halogens is 2. The van der Waals surface area contributed by atoms with E-state index in [1.54, 1.807) is 0 Å². The number of hydrogen-bond donors (Lipinski definition) is 1. The van der Waals surface area contributed by atoms with Crippen LogP contribution < -0.4 is 5.32 Å². The molecule has 0 aromatic heterocycles. The zero-order valence-corrected chi connectivity index (χ0v) is 10.3. The Balaban J connectivity index is 1.89. The number of nitrogens with one attached hydrogen (secondary N) is 1. The second-order valence-corrected chi connectivity index (χ2v) is 5.11. The molecule has 1 aliphatic carbocycles. The summed E-state index contributed by atoms with van der Waals surface area (Å²) in [7, 11) is 0. The van der Waals surface area contributed by atoms with Crippen LogP contribution in [0.15, 0.2) is 22.7 Å². The summed E-state index contributed by atoms with van der Waals surface area (Å²) < 4.78 is 13.5. The van der Waals surface area contributed by atoms with Crippen molar-refractivity contribution in [2.45, 2.75) is 32.4 Å². The first-order valence-corrected chi connectivity index (χ1v) is 6.13. The van der Waals surface area contributed by atoms with Gasteiger partial charge in [-0.1, -0.05) is 6.07 Å². The molecule has 1 aromatic carbocycles. The largest absolute Gasteiger partial charge is 0.310 e. The first-order chi connectivity index (χ1) is 7.16. The summed E-state index contributed by atoms with van der Waals surface area (Å²) in [4.78, 5) is 0. The molecule has 0 aliphatic heterocycles. The van der Waals surface area contributed by atoms with Crippen LogP contribution in [0.5, 0.6) is 0 Å². The van der Waals surface area contributed by atoms with Crippen molar-refractivity contribution in [1.29, 1.82) is 0 Å². The number of rotatable bonds is 4. The van der Waals surface area contributed by atoms with Gasteiger partial charge in [-0.25, -0.2) is 4.39 Å². The lowest BCUT2D eigenvalue weighted by atomic mass is 10.2. The van der Waals surface area contributed by atoms with E-state index in [9.17, 15) is 4.39 Å². The Morgan fingerprint density at radius 2 is 2.27 bits per heavy atom. The molecule has 1 nitrogen and oxygen atoms in total. The minimum Gasteiger partial charge on any atom is -0.310 e. The molecule has 0 bridgehead atoms. The molecule has 0 saturated heterocycles. The lowest BCUT2D eigenvalue weighted by molar-refractivity contribution is 0.495. The predicted molar refractivity (Wildman–Crippen MR) is 63.1 cm³/mol. The molecule has 1 aliphatic rings. The molecule has 1 saturated carbocycles. The van der Waals surface area contributed by atoms with Crippen molar-refractivity contribution in [3.05, 3.63) is 34.1 Å². The van der Waals surface area contributed by atoms with Gasteiger partial charge in [0.15, 0.2) is 0 Å². The average molecular weight is 272 g/mol. The fourth-order valence-electron chi connectivity index (χ4n) is 1.69. The lowest BCUT2D eigenvalue weighted by Crippen LogP contribution is -2.27. The van der Waals surface area contributed by atoms with Gasteiger partial charge >= 0.3 is 0 Å². The second-order valence-electron chi connectivity index (χ2n) is 4.26. The predicted octanol–water partition coefficient (Wildman–Crippen LogP) is 3.48. The molecule has 15 heavy (non-hydrogen) atoms. The topological polar surface area (TPSA) is 12.0 Å². The highest BCUT2D eigenvalue weighted by Gasteiger charge is 2.27. The number of benzene rings is 1. The molecule has 2 rings (SSSR count). The van der Waals surface area contributed by atoms with Crippen LogP contribution in [0.3, 0.4) is 0 Å². The third kappa shape index (κ3) is 3.02. The van der Waals surface area contributed by atoms with E-state index in [-0.39, 0.29) is 5.82 Å². The van der Waals surface area contributed by atoms with E-state index in [4.69, 9.17) is 0 Å². The van der Waals surface area contributed by atoms with E-state index >= 15 is 0 Å². The molecule has 82 valence electrons. The van der Waals surface area contributed by atoms with Crippen molar-refractivity contribution in [2.24, 2.45) is 5.92 Å². The van der Waals surface area contributed by atoms with Gasteiger partial charge in [0.1, 0.15) is 5.82 Å². The van der Waals surface area contributed by atoms with Gasteiger partial charge in [0.2, 0.25) is 0 Å². The Morgan fingerprint density at radius 3 is 2.87 bits per heavy atom. The first kappa shape index (κ1) is 11.1. The molecule has 0 spiro atoms. The molecule has 3 heteroatoms. The Kier molecular flexibility index (Phi) is 3.42. The quantitative estimate of drug-likeness (QED) is 0.884. The monoisotopic (exact) mass is 271 g/mol. The van der Waals surface area contributed by atoms with Gasteiger partial charge in [-0.05, 0) is 59.3 Å². The molecule has 0 heterocycles. The summed E-state index contributed by atoms with van der Waals surface area (Å²) in [5, 5.41) is 3.46. The summed E-state index contributed by atoms with van der Waals surface area (Å²) >= 11 is 3.19. The van der Waals surface area contributed by atoms with Crippen molar-refractivity contribution in [1.82, 2.24) is 5.32 Å². The van der Waals surface area contributed by atoms with E-state index in [0.29, 0.717) is 10.5 Å². The average Bonchev–Trinajstić information content (AvgIpc) is 3.03. The molecule has 0 radical (unpaired) electrons. The Bertz CT molecular complexity index is 349. The van der Waals surface area contributed by atoms with Gasteiger partial charge in [-0.15, -0.1) is 0 Å². The van der Waals surface area contributed by atoms with Gasteiger partial charge in [0.25, 0.3) is 0 Å². The van der Waals surface area contributed by atoms with E-state index in [2.05, 4.69) is 28.2 Å². The number of hydrogen-bond acceptors (Lipinski definition) is 1. The van der Waals surface area contributed by atoms with Crippen molar-refractivity contribution < 1.29 is 4.39 Å². The Morgan fingerprint density at radius 1 is 1.53 bits per heavy atom. The summed E-state index contributed by atoms with van der Waals surface area (Å²) in [6.45, 7) is 3.03. The normalized spacial score (nSPS) is 17.8. The molecule has 1 atom stereocenters. The Hall–Kier alpha value is -0.410. The zero-order chi connectivity index (χ0) is 10.8. The van der Waals surface area contributed by atoms with Gasteiger partial charge < -0.3 is 5.32 Å². The maximum atomic E-state index is 13.0. The Labute approximate surface area is 98.2 Å². The van der Waals surface area contributed by atoms with Crippen molar-refractivity contribution >= 4 is 15.9 Å². The van der Waals surface area contributed by atoms with Crippen LogP contribution in [0, 0.1) is 11.7 Å². The van der Waals surface area contributed by atoms with Crippen LogP contribution in [-0.4, -0.2) is 6.04 Å². The highest BCUT2D eigenvalue weighted by Crippen LogP contribution is 2.32. The van der Waals surface area contributed by atoms with E-state index in [0.717, 1.165) is 18.0 Å². The molecule has 1 fully saturated rings. The molecule has 1 aromatic rings. The van der Waals surface area contributed by atoms with Crippen molar-refractivity contribution in [3.8, 4) is 0 Å². The fourth-order valence-corrected chi connectivity index (χ4v) is 2.12. The smallest absolute Gasteiger partial charge is 0.137 e. The van der Waals surface area contributed by atoms with Crippen LogP contribution in [0.1, 0.15) is 25.3 Å². The fraction of sp³-hybridized carbons (Fsp3) is 0.500. The van der Waals surface area contributed by atoms with Crippen LogP contribution in [-0.2, 0) is 6.54 Å². The summed E-state index contributed by atoms with van der Waals surface area (Å²) in [6, 6.07) is 5.74. The highest BCUT2D eigenvalue weighted by atomic mass is 79.9. The van der Waals surface area contributed by atoms with Crippen LogP contribution in [0.4, 0.5) is 4.39 Å².